The number of anilines is 2. The van der Waals surface area contributed by atoms with Gasteiger partial charge in [0.05, 0.1) is 27.8 Å². The molecule has 9 heteroatoms. The lowest BCUT2D eigenvalue weighted by Gasteiger charge is -2.14. The largest absolute Gasteiger partial charge is 0.493 e. The van der Waals surface area contributed by atoms with Crippen LogP contribution in [0.2, 0.25) is 0 Å². The van der Waals surface area contributed by atoms with Crippen LogP contribution in [0.25, 0.3) is 0 Å². The van der Waals surface area contributed by atoms with E-state index in [9.17, 15) is 9.59 Å². The first-order valence-electron chi connectivity index (χ1n) is 8.94. The Balaban J connectivity index is 1.67. The molecule has 0 atom stereocenters. The van der Waals surface area contributed by atoms with Crippen LogP contribution in [0, 0.1) is 0 Å². The quantitative estimate of drug-likeness (QED) is 0.570. The fraction of sp³-hybridized carbons (Fsp3) is 0.190. The Hall–Kier alpha value is -3.59. The molecule has 0 aliphatic heterocycles. The van der Waals surface area contributed by atoms with Gasteiger partial charge < -0.3 is 24.8 Å². The summed E-state index contributed by atoms with van der Waals surface area (Å²) in [4.78, 5) is 28.9. The van der Waals surface area contributed by atoms with Crippen molar-refractivity contribution in [3.05, 3.63) is 59.1 Å². The second-order valence-corrected chi connectivity index (χ2v) is 6.97. The van der Waals surface area contributed by atoms with Gasteiger partial charge in [0.15, 0.2) is 16.6 Å². The summed E-state index contributed by atoms with van der Waals surface area (Å²) in [5.41, 5.74) is 1.54. The summed E-state index contributed by atoms with van der Waals surface area (Å²) < 4.78 is 15.8. The second-order valence-electron chi connectivity index (χ2n) is 6.12. The molecule has 1 aromatic heterocycles. The highest BCUT2D eigenvalue weighted by atomic mass is 32.1. The van der Waals surface area contributed by atoms with Gasteiger partial charge in [0.2, 0.25) is 11.7 Å². The van der Waals surface area contributed by atoms with Crippen LogP contribution >= 0.6 is 11.3 Å². The molecule has 0 aliphatic carbocycles. The van der Waals surface area contributed by atoms with Crippen LogP contribution in [0.1, 0.15) is 16.1 Å². The number of ether oxygens (including phenoxy) is 3. The smallest absolute Gasteiger partial charge is 0.275 e. The van der Waals surface area contributed by atoms with Gasteiger partial charge in [-0.3, -0.25) is 9.59 Å². The van der Waals surface area contributed by atoms with Crippen molar-refractivity contribution in [2.75, 3.05) is 32.0 Å². The molecule has 30 heavy (non-hydrogen) atoms. The summed E-state index contributed by atoms with van der Waals surface area (Å²) >= 11 is 1.18. The number of nitrogens with one attached hydrogen (secondary N) is 2. The Morgan fingerprint density at radius 3 is 2.23 bits per heavy atom. The third-order valence-electron chi connectivity index (χ3n) is 4.11. The predicted octanol–water partition coefficient (Wildman–Crippen LogP) is 3.60. The van der Waals surface area contributed by atoms with Crippen molar-refractivity contribution in [2.45, 2.75) is 6.42 Å². The molecular weight excluding hydrogens is 406 g/mol. The van der Waals surface area contributed by atoms with E-state index in [0.29, 0.717) is 28.1 Å². The summed E-state index contributed by atoms with van der Waals surface area (Å²) in [6.07, 6.45) is 0.230. The Kier molecular flexibility index (Phi) is 6.87. The lowest BCUT2D eigenvalue weighted by molar-refractivity contribution is -0.115. The number of carbonyl (C=O) groups is 2. The Morgan fingerprint density at radius 2 is 1.63 bits per heavy atom. The number of nitrogens with zero attached hydrogens (tertiary/aromatic N) is 1. The van der Waals surface area contributed by atoms with Crippen LogP contribution in [0.5, 0.6) is 17.2 Å². The number of aromatic nitrogens is 1. The molecule has 0 unspecified atom stereocenters. The molecule has 0 saturated heterocycles. The van der Waals surface area contributed by atoms with Gasteiger partial charge in [0, 0.05) is 23.2 Å². The maximum absolute atomic E-state index is 12.6. The number of methoxy groups -OCH3 is 3. The van der Waals surface area contributed by atoms with E-state index < -0.39 is 5.91 Å². The van der Waals surface area contributed by atoms with Gasteiger partial charge in [-0.15, -0.1) is 11.3 Å². The number of hydrogen-bond donors (Lipinski definition) is 2. The molecule has 0 bridgehead atoms. The third-order valence-corrected chi connectivity index (χ3v) is 4.87. The molecular formula is C21H21N3O5S. The zero-order valence-electron chi connectivity index (χ0n) is 16.7. The van der Waals surface area contributed by atoms with Crippen molar-refractivity contribution in [1.29, 1.82) is 0 Å². The van der Waals surface area contributed by atoms with Crippen molar-refractivity contribution in [1.82, 2.24) is 4.98 Å². The summed E-state index contributed by atoms with van der Waals surface area (Å²) in [5.74, 6) is 0.630. The molecule has 3 aromatic rings. The molecule has 2 N–H and O–H groups in total. The number of benzene rings is 2. The average molecular weight is 427 g/mol. The van der Waals surface area contributed by atoms with Crippen molar-refractivity contribution < 1.29 is 23.8 Å². The third kappa shape index (κ3) is 5.06. The lowest BCUT2D eigenvalue weighted by Crippen LogP contribution is -2.15. The van der Waals surface area contributed by atoms with Gasteiger partial charge in [-0.1, -0.05) is 30.3 Å². The van der Waals surface area contributed by atoms with Crippen molar-refractivity contribution in [3.63, 3.8) is 0 Å². The van der Waals surface area contributed by atoms with Crippen LogP contribution < -0.4 is 24.8 Å². The minimum atomic E-state index is -0.427. The van der Waals surface area contributed by atoms with Crippen LogP contribution in [0.4, 0.5) is 10.8 Å². The molecule has 0 radical (unpaired) electrons. The minimum absolute atomic E-state index is 0.184. The molecule has 156 valence electrons. The van der Waals surface area contributed by atoms with Gasteiger partial charge in [0.1, 0.15) is 5.69 Å². The monoisotopic (exact) mass is 427 g/mol. The fourth-order valence-corrected chi connectivity index (χ4v) is 3.44. The van der Waals surface area contributed by atoms with Gasteiger partial charge in [-0.05, 0) is 5.56 Å². The molecule has 8 nitrogen and oxygen atoms in total. The summed E-state index contributed by atoms with van der Waals surface area (Å²) in [6, 6.07) is 12.6. The fourth-order valence-electron chi connectivity index (χ4n) is 2.73. The summed E-state index contributed by atoms with van der Waals surface area (Å²) in [5, 5.41) is 7.38. The van der Waals surface area contributed by atoms with Crippen LogP contribution in [0.3, 0.4) is 0 Å². The van der Waals surface area contributed by atoms with Crippen molar-refractivity contribution in [2.24, 2.45) is 0 Å². The second kappa shape index (κ2) is 9.75. The van der Waals surface area contributed by atoms with Gasteiger partial charge >= 0.3 is 0 Å². The van der Waals surface area contributed by atoms with E-state index in [0.717, 1.165) is 5.56 Å². The normalized spacial score (nSPS) is 10.2. The van der Waals surface area contributed by atoms with E-state index in [1.54, 1.807) is 17.5 Å². The summed E-state index contributed by atoms with van der Waals surface area (Å²) in [7, 11) is 4.49. The lowest BCUT2D eigenvalue weighted by atomic mass is 10.1. The number of thiazole rings is 1. The first-order valence-corrected chi connectivity index (χ1v) is 9.82. The van der Waals surface area contributed by atoms with Crippen molar-refractivity contribution in [3.8, 4) is 17.2 Å². The van der Waals surface area contributed by atoms with Crippen LogP contribution in [-0.2, 0) is 11.2 Å². The molecule has 2 aromatic carbocycles. The molecule has 0 spiro atoms. The van der Waals surface area contributed by atoms with E-state index in [2.05, 4.69) is 15.6 Å². The Morgan fingerprint density at radius 1 is 0.967 bits per heavy atom. The average Bonchev–Trinajstić information content (AvgIpc) is 3.22. The molecule has 0 fully saturated rings. The van der Waals surface area contributed by atoms with Gasteiger partial charge in [0.25, 0.3) is 5.91 Å². The van der Waals surface area contributed by atoms with E-state index in [1.807, 2.05) is 30.3 Å². The number of hydrogen-bond acceptors (Lipinski definition) is 7. The molecule has 2 amide bonds. The standard InChI is InChI=1S/C21H21N3O5S/c1-27-16-10-14(11-17(28-2)19(16)29-3)22-20(26)15-12-30-21(23-15)24-18(25)9-13-7-5-4-6-8-13/h4-8,10-12H,9H2,1-3H3,(H,22,26)(H,23,24,25). The first kappa shape index (κ1) is 21.1. The topological polar surface area (TPSA) is 98.8 Å². The number of carbonyl (C=O) groups excluding carboxylic acids is 2. The Bertz CT molecular complexity index is 1010. The zero-order chi connectivity index (χ0) is 21.5. The Labute approximate surface area is 177 Å². The predicted molar refractivity (Wildman–Crippen MR) is 115 cm³/mol. The molecule has 3 rings (SSSR count). The van der Waals surface area contributed by atoms with Crippen LogP contribution in [0.15, 0.2) is 47.8 Å². The number of amides is 2. The van der Waals surface area contributed by atoms with E-state index >= 15 is 0 Å². The molecule has 1 heterocycles. The first-order chi connectivity index (χ1) is 14.5. The number of rotatable bonds is 8. The SMILES string of the molecule is COc1cc(NC(=O)c2csc(NC(=O)Cc3ccccc3)n2)cc(OC)c1OC. The highest BCUT2D eigenvalue weighted by molar-refractivity contribution is 7.14. The van der Waals surface area contributed by atoms with Crippen LogP contribution in [-0.4, -0.2) is 38.1 Å². The highest BCUT2D eigenvalue weighted by Gasteiger charge is 2.17. The minimum Gasteiger partial charge on any atom is -0.493 e. The molecule has 0 aliphatic rings. The zero-order valence-corrected chi connectivity index (χ0v) is 17.5. The van der Waals surface area contributed by atoms with E-state index in [-0.39, 0.29) is 18.0 Å². The van der Waals surface area contributed by atoms with Gasteiger partial charge in [-0.2, -0.15) is 0 Å². The highest BCUT2D eigenvalue weighted by Crippen LogP contribution is 2.40. The maximum atomic E-state index is 12.6. The van der Waals surface area contributed by atoms with Crippen molar-refractivity contribution >= 4 is 34.0 Å². The van der Waals surface area contributed by atoms with Gasteiger partial charge in [-0.25, -0.2) is 4.98 Å². The maximum Gasteiger partial charge on any atom is 0.275 e. The van der Waals surface area contributed by atoms with E-state index in [1.165, 1.54) is 32.7 Å². The van der Waals surface area contributed by atoms with E-state index in [4.69, 9.17) is 14.2 Å². The molecule has 0 saturated carbocycles. The summed E-state index contributed by atoms with van der Waals surface area (Å²) in [6.45, 7) is 0.